The molecule has 6 heteroatoms. The summed E-state index contributed by atoms with van der Waals surface area (Å²) in [4.78, 5) is 19.8. The van der Waals surface area contributed by atoms with Crippen LogP contribution in [0.1, 0.15) is 16.1 Å². The molecular weight excluding hydrogens is 290 g/mol. The number of imidazole rings is 1. The minimum Gasteiger partial charge on any atom is -0.478 e. The number of carboxylic acid groups (broad SMARTS) is 1. The molecule has 0 radical (unpaired) electrons. The molecule has 0 fully saturated rings. The molecule has 5 nitrogen and oxygen atoms in total. The van der Waals surface area contributed by atoms with Crippen LogP contribution >= 0.6 is 11.6 Å². The fraction of sp³-hybridized carbons (Fsp3) is 0.133. The van der Waals surface area contributed by atoms with E-state index >= 15 is 0 Å². The molecule has 0 aliphatic rings. The lowest BCUT2D eigenvalue weighted by atomic mass is 9.99. The first-order valence-electron chi connectivity index (χ1n) is 6.28. The summed E-state index contributed by atoms with van der Waals surface area (Å²) >= 11 is 6.17. The van der Waals surface area contributed by atoms with E-state index in [1.807, 2.05) is 24.6 Å². The molecule has 0 saturated heterocycles. The lowest BCUT2D eigenvalue weighted by Crippen LogP contribution is -2.02. The van der Waals surface area contributed by atoms with Crippen molar-refractivity contribution in [1.82, 2.24) is 14.5 Å². The fourth-order valence-corrected chi connectivity index (χ4v) is 2.57. The quantitative estimate of drug-likeness (QED) is 0.788. The van der Waals surface area contributed by atoms with Gasteiger partial charge in [0.15, 0.2) is 0 Å². The number of carboxylic acids is 1. The molecule has 0 unspecified atom stereocenters. The predicted molar refractivity (Wildman–Crippen MR) is 80.7 cm³/mol. The zero-order valence-electron chi connectivity index (χ0n) is 11.5. The maximum atomic E-state index is 11.4. The molecule has 106 valence electrons. The lowest BCUT2D eigenvalue weighted by molar-refractivity contribution is 0.0697. The molecule has 2 aromatic heterocycles. The van der Waals surface area contributed by atoms with Gasteiger partial charge in [-0.25, -0.2) is 9.78 Å². The summed E-state index contributed by atoms with van der Waals surface area (Å²) in [5.74, 6) is -1.03. The molecule has 2 heterocycles. The van der Waals surface area contributed by atoms with E-state index in [-0.39, 0.29) is 5.56 Å². The van der Waals surface area contributed by atoms with E-state index in [2.05, 4.69) is 9.97 Å². The van der Waals surface area contributed by atoms with E-state index in [9.17, 15) is 9.90 Å². The van der Waals surface area contributed by atoms with Crippen molar-refractivity contribution in [2.45, 2.75) is 6.92 Å². The van der Waals surface area contributed by atoms with Crippen LogP contribution in [-0.2, 0) is 7.05 Å². The molecule has 0 spiro atoms. The Morgan fingerprint density at radius 2 is 2.00 bits per heavy atom. The topological polar surface area (TPSA) is 68.0 Å². The third-order valence-electron chi connectivity index (χ3n) is 3.36. The number of benzene rings is 1. The minimum absolute atomic E-state index is 0.134. The Labute approximate surface area is 125 Å². The van der Waals surface area contributed by atoms with Crippen molar-refractivity contribution < 1.29 is 9.90 Å². The van der Waals surface area contributed by atoms with Crippen molar-refractivity contribution in [2.75, 3.05) is 0 Å². The minimum atomic E-state index is -1.03. The number of aryl methyl sites for hydroxylation is 2. The zero-order chi connectivity index (χ0) is 15.1. The molecule has 0 saturated carbocycles. The first-order chi connectivity index (χ1) is 9.97. The second kappa shape index (κ2) is 4.86. The van der Waals surface area contributed by atoms with Crippen molar-refractivity contribution in [3.8, 4) is 11.1 Å². The van der Waals surface area contributed by atoms with E-state index in [1.54, 1.807) is 18.5 Å². The van der Waals surface area contributed by atoms with Crippen LogP contribution in [0.25, 0.3) is 22.2 Å². The van der Waals surface area contributed by atoms with Gasteiger partial charge >= 0.3 is 5.97 Å². The number of aromatic carboxylic acids is 1. The van der Waals surface area contributed by atoms with Gasteiger partial charge in [0.1, 0.15) is 0 Å². The second-order valence-corrected chi connectivity index (χ2v) is 5.29. The SMILES string of the molecule is Cc1cc(-c2cc(Cl)cc3c2ncn3C)c(C(=O)O)cn1. The number of fused-ring (bicyclic) bond motifs is 1. The maximum absolute atomic E-state index is 11.4. The van der Waals surface area contributed by atoms with Gasteiger partial charge in [0.25, 0.3) is 0 Å². The normalized spacial score (nSPS) is 11.0. The van der Waals surface area contributed by atoms with Crippen LogP contribution in [0.5, 0.6) is 0 Å². The van der Waals surface area contributed by atoms with E-state index in [4.69, 9.17) is 11.6 Å². The van der Waals surface area contributed by atoms with Crippen molar-refractivity contribution in [1.29, 1.82) is 0 Å². The van der Waals surface area contributed by atoms with Gasteiger partial charge in [-0.2, -0.15) is 0 Å². The van der Waals surface area contributed by atoms with Crippen LogP contribution in [0.2, 0.25) is 5.02 Å². The van der Waals surface area contributed by atoms with Crippen LogP contribution in [0.3, 0.4) is 0 Å². The lowest BCUT2D eigenvalue weighted by Gasteiger charge is -2.09. The van der Waals surface area contributed by atoms with Gasteiger partial charge in [-0.3, -0.25) is 4.98 Å². The molecule has 21 heavy (non-hydrogen) atoms. The van der Waals surface area contributed by atoms with Gasteiger partial charge in [-0.05, 0) is 25.1 Å². The second-order valence-electron chi connectivity index (χ2n) is 4.85. The zero-order valence-corrected chi connectivity index (χ0v) is 12.2. The number of rotatable bonds is 2. The van der Waals surface area contributed by atoms with Gasteiger partial charge in [0.2, 0.25) is 0 Å². The Bertz CT molecular complexity index is 871. The van der Waals surface area contributed by atoms with E-state index in [0.29, 0.717) is 16.1 Å². The molecule has 0 aliphatic carbocycles. The summed E-state index contributed by atoms with van der Waals surface area (Å²) in [5, 5.41) is 9.90. The average Bonchev–Trinajstić information content (AvgIpc) is 2.79. The monoisotopic (exact) mass is 301 g/mol. The molecule has 0 aliphatic heterocycles. The van der Waals surface area contributed by atoms with Gasteiger partial charge in [-0.15, -0.1) is 0 Å². The number of hydrogen-bond donors (Lipinski definition) is 1. The molecule has 0 amide bonds. The first kappa shape index (κ1) is 13.6. The number of carbonyl (C=O) groups is 1. The maximum Gasteiger partial charge on any atom is 0.337 e. The van der Waals surface area contributed by atoms with Crippen LogP contribution in [0.4, 0.5) is 0 Å². The number of nitrogens with zero attached hydrogens (tertiary/aromatic N) is 3. The van der Waals surface area contributed by atoms with Crippen LogP contribution in [0.15, 0.2) is 30.7 Å². The smallest absolute Gasteiger partial charge is 0.337 e. The molecule has 3 aromatic rings. The summed E-state index contributed by atoms with van der Waals surface area (Å²) in [6.07, 6.45) is 3.04. The molecule has 3 rings (SSSR count). The highest BCUT2D eigenvalue weighted by Crippen LogP contribution is 2.33. The van der Waals surface area contributed by atoms with Gasteiger partial charge < -0.3 is 9.67 Å². The van der Waals surface area contributed by atoms with Crippen molar-refractivity contribution in [3.63, 3.8) is 0 Å². The van der Waals surface area contributed by atoms with E-state index in [0.717, 1.165) is 16.7 Å². The molecule has 1 N–H and O–H groups in total. The largest absolute Gasteiger partial charge is 0.478 e. The van der Waals surface area contributed by atoms with Crippen LogP contribution in [0, 0.1) is 6.92 Å². The summed E-state index contributed by atoms with van der Waals surface area (Å²) < 4.78 is 1.85. The number of aromatic nitrogens is 3. The van der Waals surface area contributed by atoms with E-state index < -0.39 is 5.97 Å². The van der Waals surface area contributed by atoms with Crippen molar-refractivity contribution in [3.05, 3.63) is 47.0 Å². The summed E-state index contributed by atoms with van der Waals surface area (Å²) in [6.45, 7) is 1.81. The Hall–Kier alpha value is -2.40. The summed E-state index contributed by atoms with van der Waals surface area (Å²) in [6, 6.07) is 5.28. The molecule has 1 aromatic carbocycles. The molecule has 0 bridgehead atoms. The Morgan fingerprint density at radius 3 is 2.71 bits per heavy atom. The molecular formula is C15H12ClN3O2. The Kier molecular flexibility index (Phi) is 3.14. The fourth-order valence-electron chi connectivity index (χ4n) is 2.35. The van der Waals surface area contributed by atoms with Gasteiger partial charge in [0.05, 0.1) is 22.9 Å². The standard InChI is InChI=1S/C15H12ClN3O2/c1-8-3-10(12(6-17-8)15(20)21)11-4-9(16)5-13-14(11)18-7-19(13)2/h3-7H,1-2H3,(H,20,21). The number of hydrogen-bond acceptors (Lipinski definition) is 3. The first-order valence-corrected chi connectivity index (χ1v) is 6.66. The van der Waals surface area contributed by atoms with Crippen molar-refractivity contribution >= 4 is 28.6 Å². The van der Waals surface area contributed by atoms with Crippen molar-refractivity contribution in [2.24, 2.45) is 7.05 Å². The Morgan fingerprint density at radius 1 is 1.24 bits per heavy atom. The molecule has 0 atom stereocenters. The predicted octanol–water partition coefficient (Wildman–Crippen LogP) is 3.30. The number of pyridine rings is 1. The third-order valence-corrected chi connectivity index (χ3v) is 3.57. The summed E-state index contributed by atoms with van der Waals surface area (Å²) in [5.41, 5.74) is 3.70. The van der Waals surface area contributed by atoms with Gasteiger partial charge in [-0.1, -0.05) is 11.6 Å². The summed E-state index contributed by atoms with van der Waals surface area (Å²) in [7, 11) is 1.87. The van der Waals surface area contributed by atoms with Crippen LogP contribution in [-0.4, -0.2) is 25.6 Å². The van der Waals surface area contributed by atoms with Crippen LogP contribution < -0.4 is 0 Å². The highest BCUT2D eigenvalue weighted by Gasteiger charge is 2.17. The van der Waals surface area contributed by atoms with Gasteiger partial charge in [0, 0.05) is 35.1 Å². The Balaban J connectivity index is 2.40. The highest BCUT2D eigenvalue weighted by molar-refractivity contribution is 6.32. The number of halogens is 1. The average molecular weight is 302 g/mol. The van der Waals surface area contributed by atoms with E-state index in [1.165, 1.54) is 6.20 Å². The third kappa shape index (κ3) is 2.25. The highest BCUT2D eigenvalue weighted by atomic mass is 35.5.